The summed E-state index contributed by atoms with van der Waals surface area (Å²) in [6.45, 7) is 4.05. The molecule has 0 atom stereocenters. The summed E-state index contributed by atoms with van der Waals surface area (Å²) in [7, 11) is 0. The SMILES string of the molecule is Cc1ccc(-n2nnnc2-c2ccc(N)cc2C)cc1. The molecular weight excluding hydrogens is 250 g/mol. The molecule has 0 amide bonds. The third-order valence-corrected chi connectivity index (χ3v) is 3.24. The first-order chi connectivity index (χ1) is 9.65. The molecule has 2 aromatic carbocycles. The molecule has 0 saturated heterocycles. The van der Waals surface area contributed by atoms with Crippen molar-refractivity contribution >= 4 is 5.69 Å². The lowest BCUT2D eigenvalue weighted by Gasteiger charge is -2.08. The molecule has 0 radical (unpaired) electrons. The van der Waals surface area contributed by atoms with Crippen molar-refractivity contribution in [3.05, 3.63) is 53.6 Å². The van der Waals surface area contributed by atoms with Crippen LogP contribution in [0.1, 0.15) is 11.1 Å². The van der Waals surface area contributed by atoms with Gasteiger partial charge in [0.15, 0.2) is 5.82 Å². The lowest BCUT2D eigenvalue weighted by molar-refractivity contribution is 0.791. The Hall–Kier alpha value is -2.69. The second-order valence-electron chi connectivity index (χ2n) is 4.82. The summed E-state index contributed by atoms with van der Waals surface area (Å²) in [4.78, 5) is 0. The van der Waals surface area contributed by atoms with Crippen LogP contribution in [0.15, 0.2) is 42.5 Å². The normalized spacial score (nSPS) is 10.7. The fourth-order valence-electron chi connectivity index (χ4n) is 2.15. The largest absolute Gasteiger partial charge is 0.399 e. The second-order valence-corrected chi connectivity index (χ2v) is 4.82. The van der Waals surface area contributed by atoms with Crippen molar-refractivity contribution in [2.75, 3.05) is 5.73 Å². The van der Waals surface area contributed by atoms with Crippen LogP contribution in [-0.4, -0.2) is 20.2 Å². The number of benzene rings is 2. The van der Waals surface area contributed by atoms with Crippen LogP contribution in [0.4, 0.5) is 5.69 Å². The first-order valence-electron chi connectivity index (χ1n) is 6.37. The molecule has 1 aromatic heterocycles. The maximum atomic E-state index is 5.79. The molecule has 5 nitrogen and oxygen atoms in total. The molecule has 0 bridgehead atoms. The van der Waals surface area contributed by atoms with Gasteiger partial charge >= 0.3 is 0 Å². The predicted molar refractivity (Wildman–Crippen MR) is 78.5 cm³/mol. The number of hydrogen-bond acceptors (Lipinski definition) is 4. The van der Waals surface area contributed by atoms with Crippen LogP contribution < -0.4 is 5.73 Å². The number of nitrogens with two attached hydrogens (primary N) is 1. The average Bonchev–Trinajstić information content (AvgIpc) is 2.88. The molecule has 5 heteroatoms. The molecule has 100 valence electrons. The molecule has 3 aromatic rings. The van der Waals surface area contributed by atoms with Gasteiger partial charge in [-0.15, -0.1) is 5.10 Å². The first kappa shape index (κ1) is 12.3. The maximum Gasteiger partial charge on any atom is 0.187 e. The number of aryl methyl sites for hydroxylation is 2. The second kappa shape index (κ2) is 4.77. The minimum Gasteiger partial charge on any atom is -0.399 e. The zero-order chi connectivity index (χ0) is 14.1. The van der Waals surface area contributed by atoms with Gasteiger partial charge in [0.05, 0.1) is 5.69 Å². The molecule has 0 aliphatic rings. The molecule has 0 saturated carbocycles. The highest BCUT2D eigenvalue weighted by Crippen LogP contribution is 2.24. The van der Waals surface area contributed by atoms with Crippen molar-refractivity contribution in [1.82, 2.24) is 20.2 Å². The Morgan fingerprint density at radius 1 is 1.00 bits per heavy atom. The fraction of sp³-hybridized carbons (Fsp3) is 0.133. The lowest BCUT2D eigenvalue weighted by Crippen LogP contribution is -2.01. The summed E-state index contributed by atoms with van der Waals surface area (Å²) in [5.41, 5.74) is 10.7. The van der Waals surface area contributed by atoms with E-state index in [1.165, 1.54) is 5.56 Å². The van der Waals surface area contributed by atoms with Gasteiger partial charge in [0.25, 0.3) is 0 Å². The van der Waals surface area contributed by atoms with E-state index in [1.807, 2.05) is 49.4 Å². The highest BCUT2D eigenvalue weighted by molar-refractivity contribution is 5.65. The standard InChI is InChI=1S/C15H15N5/c1-10-3-6-13(7-4-10)20-15(17-18-19-20)14-8-5-12(16)9-11(14)2/h3-9H,16H2,1-2H3. The van der Waals surface area contributed by atoms with Crippen LogP contribution in [0.3, 0.4) is 0 Å². The zero-order valence-corrected chi connectivity index (χ0v) is 11.4. The lowest BCUT2D eigenvalue weighted by atomic mass is 10.1. The van der Waals surface area contributed by atoms with Crippen LogP contribution in [-0.2, 0) is 0 Å². The number of nitrogen functional groups attached to an aromatic ring is 1. The molecule has 0 unspecified atom stereocenters. The van der Waals surface area contributed by atoms with Gasteiger partial charge in [-0.25, -0.2) is 0 Å². The van der Waals surface area contributed by atoms with E-state index in [-0.39, 0.29) is 0 Å². The molecule has 3 rings (SSSR count). The van der Waals surface area contributed by atoms with E-state index in [1.54, 1.807) is 4.68 Å². The van der Waals surface area contributed by atoms with Gasteiger partial charge in [-0.2, -0.15) is 4.68 Å². The third-order valence-electron chi connectivity index (χ3n) is 3.24. The summed E-state index contributed by atoms with van der Waals surface area (Å²) in [6, 6.07) is 13.8. The molecule has 2 N–H and O–H groups in total. The number of hydrogen-bond donors (Lipinski definition) is 1. The maximum absolute atomic E-state index is 5.79. The Bertz CT molecular complexity index is 743. The molecule has 0 aliphatic heterocycles. The Kier molecular flexibility index (Phi) is 2.95. The number of tetrazole rings is 1. The minimum atomic E-state index is 0.714. The van der Waals surface area contributed by atoms with Gasteiger partial charge in [0, 0.05) is 11.3 Å². The minimum absolute atomic E-state index is 0.714. The fourth-order valence-corrected chi connectivity index (χ4v) is 2.15. The van der Waals surface area contributed by atoms with E-state index in [9.17, 15) is 0 Å². The van der Waals surface area contributed by atoms with Crippen LogP contribution in [0.25, 0.3) is 17.1 Å². The predicted octanol–water partition coefficient (Wildman–Crippen LogP) is 2.53. The van der Waals surface area contributed by atoms with E-state index in [0.29, 0.717) is 5.82 Å². The number of anilines is 1. The summed E-state index contributed by atoms with van der Waals surface area (Å²) in [6.07, 6.45) is 0. The molecule has 0 spiro atoms. The highest BCUT2D eigenvalue weighted by atomic mass is 15.5. The Morgan fingerprint density at radius 2 is 1.75 bits per heavy atom. The van der Waals surface area contributed by atoms with E-state index in [0.717, 1.165) is 22.5 Å². The molecule has 0 aliphatic carbocycles. The molecular formula is C15H15N5. The van der Waals surface area contributed by atoms with Gasteiger partial charge in [0.2, 0.25) is 0 Å². The number of rotatable bonds is 2. The van der Waals surface area contributed by atoms with Crippen LogP contribution in [0.5, 0.6) is 0 Å². The van der Waals surface area contributed by atoms with Crippen molar-refractivity contribution in [2.24, 2.45) is 0 Å². The Balaban J connectivity index is 2.12. The van der Waals surface area contributed by atoms with Crippen LogP contribution in [0.2, 0.25) is 0 Å². The number of aromatic nitrogens is 4. The van der Waals surface area contributed by atoms with Crippen LogP contribution >= 0.6 is 0 Å². The number of nitrogens with zero attached hydrogens (tertiary/aromatic N) is 4. The third kappa shape index (κ3) is 2.14. The molecule has 0 fully saturated rings. The summed E-state index contributed by atoms with van der Waals surface area (Å²) in [5.74, 6) is 0.714. The van der Waals surface area contributed by atoms with Gasteiger partial charge in [-0.1, -0.05) is 17.7 Å². The van der Waals surface area contributed by atoms with Crippen molar-refractivity contribution < 1.29 is 0 Å². The van der Waals surface area contributed by atoms with Gasteiger partial charge in [0.1, 0.15) is 0 Å². The Labute approximate surface area is 117 Å². The average molecular weight is 265 g/mol. The first-order valence-corrected chi connectivity index (χ1v) is 6.37. The monoisotopic (exact) mass is 265 g/mol. The van der Waals surface area contributed by atoms with E-state index < -0.39 is 0 Å². The van der Waals surface area contributed by atoms with Gasteiger partial charge < -0.3 is 5.73 Å². The van der Waals surface area contributed by atoms with E-state index >= 15 is 0 Å². The topological polar surface area (TPSA) is 69.6 Å². The Morgan fingerprint density at radius 3 is 2.45 bits per heavy atom. The molecule has 1 heterocycles. The van der Waals surface area contributed by atoms with Gasteiger partial charge in [-0.3, -0.25) is 0 Å². The highest BCUT2D eigenvalue weighted by Gasteiger charge is 2.12. The summed E-state index contributed by atoms with van der Waals surface area (Å²) < 4.78 is 1.73. The van der Waals surface area contributed by atoms with E-state index in [4.69, 9.17) is 5.73 Å². The van der Waals surface area contributed by atoms with Crippen LogP contribution in [0, 0.1) is 13.8 Å². The molecule has 20 heavy (non-hydrogen) atoms. The van der Waals surface area contributed by atoms with E-state index in [2.05, 4.69) is 22.4 Å². The summed E-state index contributed by atoms with van der Waals surface area (Å²) in [5, 5.41) is 12.0. The smallest absolute Gasteiger partial charge is 0.187 e. The summed E-state index contributed by atoms with van der Waals surface area (Å²) >= 11 is 0. The van der Waals surface area contributed by atoms with Crippen molar-refractivity contribution in [2.45, 2.75) is 13.8 Å². The van der Waals surface area contributed by atoms with Gasteiger partial charge in [-0.05, 0) is 60.2 Å². The van der Waals surface area contributed by atoms with Crippen molar-refractivity contribution in [3.63, 3.8) is 0 Å². The van der Waals surface area contributed by atoms with Crippen molar-refractivity contribution in [1.29, 1.82) is 0 Å². The quantitative estimate of drug-likeness (QED) is 0.723. The zero-order valence-electron chi connectivity index (χ0n) is 11.4. The van der Waals surface area contributed by atoms with Crippen molar-refractivity contribution in [3.8, 4) is 17.1 Å².